The standard InChI is InChI=1S/C13H20O2/c1-7-5-9-3-4-10(14)6-13(9)8(2)11(13)12(7)15/h7-11,14H,3-6H2,1-2H3. The van der Waals surface area contributed by atoms with Crippen molar-refractivity contribution in [1.82, 2.24) is 0 Å². The summed E-state index contributed by atoms with van der Waals surface area (Å²) in [7, 11) is 0. The van der Waals surface area contributed by atoms with Crippen LogP contribution in [-0.2, 0) is 4.79 Å². The minimum atomic E-state index is -0.144. The van der Waals surface area contributed by atoms with Gasteiger partial charge in [-0.25, -0.2) is 0 Å². The quantitative estimate of drug-likeness (QED) is 0.661. The number of aliphatic hydroxyl groups is 1. The first kappa shape index (κ1) is 9.83. The second-order valence-electron chi connectivity index (χ2n) is 6.05. The van der Waals surface area contributed by atoms with Crippen molar-refractivity contribution in [2.24, 2.45) is 29.1 Å². The SMILES string of the molecule is CC1CC2CCC(O)CC23C(C)C3C1=O. The van der Waals surface area contributed by atoms with Gasteiger partial charge in [-0.15, -0.1) is 0 Å². The molecule has 3 saturated carbocycles. The Hall–Kier alpha value is -0.370. The van der Waals surface area contributed by atoms with E-state index in [1.807, 2.05) is 0 Å². The summed E-state index contributed by atoms with van der Waals surface area (Å²) in [6.45, 7) is 4.30. The van der Waals surface area contributed by atoms with E-state index in [1.165, 1.54) is 0 Å². The average Bonchev–Trinajstić information content (AvgIpc) is 2.76. The summed E-state index contributed by atoms with van der Waals surface area (Å²) >= 11 is 0. The second-order valence-corrected chi connectivity index (χ2v) is 6.05. The summed E-state index contributed by atoms with van der Waals surface area (Å²) in [5.41, 5.74) is 0.223. The molecule has 1 spiro atoms. The Kier molecular flexibility index (Phi) is 1.87. The van der Waals surface area contributed by atoms with Crippen molar-refractivity contribution < 1.29 is 9.90 Å². The van der Waals surface area contributed by atoms with E-state index in [1.54, 1.807) is 0 Å². The van der Waals surface area contributed by atoms with E-state index in [4.69, 9.17) is 0 Å². The summed E-state index contributed by atoms with van der Waals surface area (Å²) in [6.07, 6.45) is 3.91. The first-order chi connectivity index (χ1) is 7.07. The van der Waals surface area contributed by atoms with Crippen LogP contribution in [0.1, 0.15) is 39.5 Å². The number of ketones is 1. The molecule has 84 valence electrons. The minimum absolute atomic E-state index is 0.144. The highest BCUT2D eigenvalue weighted by Crippen LogP contribution is 2.72. The van der Waals surface area contributed by atoms with Gasteiger partial charge in [0.1, 0.15) is 5.78 Å². The Morgan fingerprint density at radius 3 is 2.80 bits per heavy atom. The number of carbonyl (C=O) groups excluding carboxylic acids is 1. The molecule has 1 N–H and O–H groups in total. The summed E-state index contributed by atoms with van der Waals surface area (Å²) in [5.74, 6) is 2.30. The van der Waals surface area contributed by atoms with Gasteiger partial charge in [-0.3, -0.25) is 4.79 Å². The molecule has 0 aliphatic heterocycles. The first-order valence-corrected chi connectivity index (χ1v) is 6.29. The first-order valence-electron chi connectivity index (χ1n) is 6.29. The van der Waals surface area contributed by atoms with E-state index >= 15 is 0 Å². The van der Waals surface area contributed by atoms with Crippen LogP contribution in [0.25, 0.3) is 0 Å². The van der Waals surface area contributed by atoms with Crippen LogP contribution in [-0.4, -0.2) is 17.0 Å². The molecule has 0 aromatic rings. The predicted molar refractivity (Wildman–Crippen MR) is 57.2 cm³/mol. The summed E-state index contributed by atoms with van der Waals surface area (Å²) in [6, 6.07) is 0. The molecule has 0 aromatic carbocycles. The zero-order chi connectivity index (χ0) is 10.8. The van der Waals surface area contributed by atoms with Crippen LogP contribution in [0.2, 0.25) is 0 Å². The fourth-order valence-electron chi connectivity index (χ4n) is 4.63. The molecule has 6 atom stereocenters. The Balaban J connectivity index is 1.93. The van der Waals surface area contributed by atoms with E-state index in [-0.39, 0.29) is 17.4 Å². The van der Waals surface area contributed by atoms with Gasteiger partial charge in [-0.2, -0.15) is 0 Å². The van der Waals surface area contributed by atoms with Gasteiger partial charge in [0.2, 0.25) is 0 Å². The van der Waals surface area contributed by atoms with Crippen LogP contribution >= 0.6 is 0 Å². The number of rotatable bonds is 0. The zero-order valence-corrected chi connectivity index (χ0v) is 9.57. The van der Waals surface area contributed by atoms with Crippen molar-refractivity contribution in [2.75, 3.05) is 0 Å². The molecule has 3 rings (SSSR count). The molecule has 0 radical (unpaired) electrons. The molecule has 0 amide bonds. The molecule has 3 aliphatic rings. The lowest BCUT2D eigenvalue weighted by molar-refractivity contribution is -0.129. The summed E-state index contributed by atoms with van der Waals surface area (Å²) in [4.78, 5) is 12.1. The molecule has 0 aromatic heterocycles. The minimum Gasteiger partial charge on any atom is -0.393 e. The van der Waals surface area contributed by atoms with Gasteiger partial charge in [0.25, 0.3) is 0 Å². The van der Waals surface area contributed by atoms with Crippen molar-refractivity contribution in [2.45, 2.75) is 45.6 Å². The Morgan fingerprint density at radius 2 is 2.07 bits per heavy atom. The van der Waals surface area contributed by atoms with Crippen molar-refractivity contribution in [3.8, 4) is 0 Å². The normalized spacial score (nSPS) is 58.3. The topological polar surface area (TPSA) is 37.3 Å². The molecular formula is C13H20O2. The molecule has 2 nitrogen and oxygen atoms in total. The van der Waals surface area contributed by atoms with E-state index in [9.17, 15) is 9.90 Å². The maximum atomic E-state index is 12.1. The maximum absolute atomic E-state index is 12.1. The monoisotopic (exact) mass is 208 g/mol. The van der Waals surface area contributed by atoms with Crippen molar-refractivity contribution >= 4 is 5.78 Å². The van der Waals surface area contributed by atoms with Gasteiger partial charge < -0.3 is 5.11 Å². The van der Waals surface area contributed by atoms with Crippen molar-refractivity contribution in [1.29, 1.82) is 0 Å². The lowest BCUT2D eigenvalue weighted by Crippen LogP contribution is -2.38. The highest BCUT2D eigenvalue weighted by Gasteiger charge is 2.71. The average molecular weight is 208 g/mol. The van der Waals surface area contributed by atoms with Crippen molar-refractivity contribution in [3.05, 3.63) is 0 Å². The van der Waals surface area contributed by atoms with Gasteiger partial charge in [0.15, 0.2) is 0 Å². The molecule has 15 heavy (non-hydrogen) atoms. The molecule has 0 saturated heterocycles. The number of hydrogen-bond acceptors (Lipinski definition) is 2. The van der Waals surface area contributed by atoms with Crippen LogP contribution in [0.15, 0.2) is 0 Å². The molecular weight excluding hydrogens is 188 g/mol. The number of Topliss-reactive ketones (excluding diaryl/α,β-unsaturated/α-hetero) is 1. The van der Waals surface area contributed by atoms with Crippen LogP contribution in [0.4, 0.5) is 0 Å². The predicted octanol–water partition coefficient (Wildman–Crippen LogP) is 2.01. The zero-order valence-electron chi connectivity index (χ0n) is 9.57. The van der Waals surface area contributed by atoms with Crippen LogP contribution < -0.4 is 0 Å². The molecule has 2 heteroatoms. The lowest BCUT2D eigenvalue weighted by Gasteiger charge is -2.40. The van der Waals surface area contributed by atoms with Gasteiger partial charge >= 0.3 is 0 Å². The van der Waals surface area contributed by atoms with E-state index in [0.717, 1.165) is 25.7 Å². The van der Waals surface area contributed by atoms with Gasteiger partial charge in [0, 0.05) is 11.8 Å². The Bertz CT molecular complexity index is 312. The van der Waals surface area contributed by atoms with Crippen LogP contribution in [0.3, 0.4) is 0 Å². The second kappa shape index (κ2) is 2.85. The fourth-order valence-corrected chi connectivity index (χ4v) is 4.63. The van der Waals surface area contributed by atoms with Gasteiger partial charge in [-0.05, 0) is 42.9 Å². The highest BCUT2D eigenvalue weighted by molar-refractivity contribution is 5.88. The Morgan fingerprint density at radius 1 is 1.33 bits per heavy atom. The smallest absolute Gasteiger partial charge is 0.139 e. The Labute approximate surface area is 91.1 Å². The molecule has 0 heterocycles. The maximum Gasteiger partial charge on any atom is 0.139 e. The number of carbonyl (C=O) groups is 1. The third kappa shape index (κ3) is 1.06. The van der Waals surface area contributed by atoms with E-state index < -0.39 is 0 Å². The third-order valence-corrected chi connectivity index (χ3v) is 5.45. The summed E-state index contributed by atoms with van der Waals surface area (Å²) in [5, 5.41) is 9.80. The number of aliphatic hydroxyl groups excluding tert-OH is 1. The van der Waals surface area contributed by atoms with Crippen LogP contribution in [0, 0.1) is 29.1 Å². The molecule has 6 unspecified atom stereocenters. The largest absolute Gasteiger partial charge is 0.393 e. The van der Waals surface area contributed by atoms with Gasteiger partial charge in [0.05, 0.1) is 6.10 Å². The summed E-state index contributed by atoms with van der Waals surface area (Å²) < 4.78 is 0. The van der Waals surface area contributed by atoms with E-state index in [2.05, 4.69) is 13.8 Å². The number of hydrogen-bond donors (Lipinski definition) is 1. The molecule has 3 aliphatic carbocycles. The van der Waals surface area contributed by atoms with Crippen molar-refractivity contribution in [3.63, 3.8) is 0 Å². The fraction of sp³-hybridized carbons (Fsp3) is 0.923. The highest BCUT2D eigenvalue weighted by atomic mass is 16.3. The lowest BCUT2D eigenvalue weighted by atomic mass is 9.65. The molecule has 0 bridgehead atoms. The van der Waals surface area contributed by atoms with Gasteiger partial charge in [-0.1, -0.05) is 13.8 Å². The van der Waals surface area contributed by atoms with E-state index in [0.29, 0.717) is 23.5 Å². The van der Waals surface area contributed by atoms with Crippen LogP contribution in [0.5, 0.6) is 0 Å². The third-order valence-electron chi connectivity index (χ3n) is 5.45. The molecule has 3 fully saturated rings.